The van der Waals surface area contributed by atoms with Crippen LogP contribution in [0.15, 0.2) is 18.2 Å². The Balaban J connectivity index is 2.30. The first-order chi connectivity index (χ1) is 9.93. The Labute approximate surface area is 122 Å². The number of ether oxygens (including phenoxy) is 1. The van der Waals surface area contributed by atoms with E-state index in [2.05, 4.69) is 15.3 Å². The van der Waals surface area contributed by atoms with Crippen LogP contribution in [-0.2, 0) is 4.74 Å². The monoisotopic (exact) mass is 287 g/mol. The number of nitrogens with one attached hydrogen (secondary N) is 2. The van der Waals surface area contributed by atoms with Gasteiger partial charge in [-0.25, -0.2) is 9.78 Å². The van der Waals surface area contributed by atoms with Gasteiger partial charge >= 0.3 is 5.97 Å². The molecule has 0 saturated heterocycles. The van der Waals surface area contributed by atoms with Gasteiger partial charge in [0.2, 0.25) is 0 Å². The fraction of sp³-hybridized carbons (Fsp3) is 0.267. The van der Waals surface area contributed by atoms with E-state index in [1.165, 1.54) is 7.11 Å². The third-order valence-corrected chi connectivity index (χ3v) is 3.18. The molecule has 2 rings (SSSR count). The number of rotatable bonds is 3. The maximum atomic E-state index is 12.3. The molecule has 21 heavy (non-hydrogen) atoms. The van der Waals surface area contributed by atoms with E-state index in [0.29, 0.717) is 28.3 Å². The number of carbonyl (C=O) groups is 2. The SMILES string of the molecule is COC(=O)c1c(C)[nH]c(C(=O)Nc2cccc(C)n2)c1C. The molecular weight excluding hydrogens is 270 g/mol. The van der Waals surface area contributed by atoms with Crippen molar-refractivity contribution < 1.29 is 14.3 Å². The van der Waals surface area contributed by atoms with E-state index < -0.39 is 5.97 Å². The van der Waals surface area contributed by atoms with E-state index in [1.807, 2.05) is 19.1 Å². The summed E-state index contributed by atoms with van der Waals surface area (Å²) in [5.74, 6) is -0.343. The molecule has 1 amide bonds. The lowest BCUT2D eigenvalue weighted by atomic mass is 10.1. The molecule has 0 saturated carbocycles. The molecule has 0 fully saturated rings. The Morgan fingerprint density at radius 2 is 1.95 bits per heavy atom. The number of amides is 1. The summed E-state index contributed by atoms with van der Waals surface area (Å²) in [4.78, 5) is 31.1. The summed E-state index contributed by atoms with van der Waals surface area (Å²) >= 11 is 0. The second kappa shape index (κ2) is 5.78. The Morgan fingerprint density at radius 1 is 1.24 bits per heavy atom. The molecule has 2 N–H and O–H groups in total. The van der Waals surface area contributed by atoms with E-state index in [4.69, 9.17) is 4.74 Å². The lowest BCUT2D eigenvalue weighted by Crippen LogP contribution is -2.15. The molecule has 2 aromatic heterocycles. The predicted molar refractivity (Wildman–Crippen MR) is 78.5 cm³/mol. The van der Waals surface area contributed by atoms with Crippen molar-refractivity contribution >= 4 is 17.7 Å². The molecule has 0 unspecified atom stereocenters. The van der Waals surface area contributed by atoms with Crippen molar-refractivity contribution in [2.45, 2.75) is 20.8 Å². The zero-order chi connectivity index (χ0) is 15.6. The van der Waals surface area contributed by atoms with Crippen LogP contribution in [0.5, 0.6) is 0 Å². The molecule has 2 heterocycles. The molecule has 6 nitrogen and oxygen atoms in total. The van der Waals surface area contributed by atoms with Crippen LogP contribution in [0.4, 0.5) is 5.82 Å². The largest absolute Gasteiger partial charge is 0.465 e. The third kappa shape index (κ3) is 2.94. The summed E-state index contributed by atoms with van der Waals surface area (Å²) in [7, 11) is 1.31. The number of esters is 1. The lowest BCUT2D eigenvalue weighted by Gasteiger charge is -2.05. The number of aromatic nitrogens is 2. The predicted octanol–water partition coefficient (Wildman–Crippen LogP) is 2.37. The van der Waals surface area contributed by atoms with E-state index in [9.17, 15) is 9.59 Å². The molecular formula is C15H17N3O3. The first-order valence-corrected chi connectivity index (χ1v) is 6.46. The zero-order valence-electron chi connectivity index (χ0n) is 12.4. The molecule has 110 valence electrons. The molecule has 0 atom stereocenters. The fourth-order valence-corrected chi connectivity index (χ4v) is 2.18. The van der Waals surface area contributed by atoms with Gasteiger partial charge in [-0.1, -0.05) is 6.07 Å². The summed E-state index contributed by atoms with van der Waals surface area (Å²) in [6, 6.07) is 5.36. The van der Waals surface area contributed by atoms with Crippen molar-refractivity contribution in [1.29, 1.82) is 0 Å². The van der Waals surface area contributed by atoms with Crippen molar-refractivity contribution in [1.82, 2.24) is 9.97 Å². The molecule has 0 aliphatic rings. The Kier molecular flexibility index (Phi) is 4.07. The van der Waals surface area contributed by atoms with Gasteiger partial charge < -0.3 is 15.0 Å². The highest BCUT2D eigenvalue weighted by atomic mass is 16.5. The molecule has 0 aromatic carbocycles. The number of aryl methyl sites for hydroxylation is 2. The lowest BCUT2D eigenvalue weighted by molar-refractivity contribution is 0.0599. The van der Waals surface area contributed by atoms with Gasteiger partial charge in [0.1, 0.15) is 11.5 Å². The highest BCUT2D eigenvalue weighted by Gasteiger charge is 2.22. The second-order valence-corrected chi connectivity index (χ2v) is 4.73. The Bertz CT molecular complexity index is 704. The second-order valence-electron chi connectivity index (χ2n) is 4.73. The highest BCUT2D eigenvalue weighted by molar-refractivity contribution is 6.06. The number of methoxy groups -OCH3 is 1. The molecule has 0 radical (unpaired) electrons. The highest BCUT2D eigenvalue weighted by Crippen LogP contribution is 2.19. The summed E-state index contributed by atoms with van der Waals surface area (Å²) in [5, 5.41) is 2.70. The summed E-state index contributed by atoms with van der Waals surface area (Å²) < 4.78 is 4.72. The number of H-pyrrole nitrogens is 1. The normalized spacial score (nSPS) is 10.3. The molecule has 0 spiro atoms. The Morgan fingerprint density at radius 3 is 2.57 bits per heavy atom. The summed E-state index contributed by atoms with van der Waals surface area (Å²) in [6.45, 7) is 5.27. The Hall–Kier alpha value is -2.63. The van der Waals surface area contributed by atoms with Crippen molar-refractivity contribution in [3.63, 3.8) is 0 Å². The van der Waals surface area contributed by atoms with Gasteiger partial charge in [0.25, 0.3) is 5.91 Å². The number of anilines is 1. The third-order valence-electron chi connectivity index (χ3n) is 3.18. The van der Waals surface area contributed by atoms with Crippen LogP contribution in [0.3, 0.4) is 0 Å². The van der Waals surface area contributed by atoms with Gasteiger partial charge in [0.15, 0.2) is 0 Å². The smallest absolute Gasteiger partial charge is 0.339 e. The number of hydrogen-bond acceptors (Lipinski definition) is 4. The first kappa shape index (κ1) is 14.8. The van der Waals surface area contributed by atoms with Gasteiger partial charge in [-0.15, -0.1) is 0 Å². The van der Waals surface area contributed by atoms with Crippen LogP contribution < -0.4 is 5.32 Å². The molecule has 0 bridgehead atoms. The van der Waals surface area contributed by atoms with E-state index in [1.54, 1.807) is 19.9 Å². The maximum absolute atomic E-state index is 12.3. The minimum Gasteiger partial charge on any atom is -0.465 e. The molecule has 2 aromatic rings. The van der Waals surface area contributed by atoms with E-state index in [0.717, 1.165) is 5.69 Å². The van der Waals surface area contributed by atoms with Crippen molar-refractivity contribution in [2.75, 3.05) is 12.4 Å². The standard InChI is InChI=1S/C15H17N3O3/c1-8-6-5-7-11(16-8)18-14(19)13-9(2)12(10(3)17-13)15(20)21-4/h5-7,17H,1-4H3,(H,16,18,19). The number of carbonyl (C=O) groups excluding carboxylic acids is 2. The minimum atomic E-state index is -0.464. The van der Waals surface area contributed by atoms with Crippen LogP contribution in [0.2, 0.25) is 0 Å². The maximum Gasteiger partial charge on any atom is 0.339 e. The molecule has 0 aliphatic heterocycles. The zero-order valence-corrected chi connectivity index (χ0v) is 12.4. The van der Waals surface area contributed by atoms with Gasteiger partial charge in [0, 0.05) is 11.4 Å². The average Bonchev–Trinajstić information content (AvgIpc) is 2.73. The van der Waals surface area contributed by atoms with E-state index in [-0.39, 0.29) is 5.91 Å². The van der Waals surface area contributed by atoms with E-state index >= 15 is 0 Å². The van der Waals surface area contributed by atoms with Gasteiger partial charge in [0.05, 0.1) is 12.7 Å². The van der Waals surface area contributed by atoms with Crippen molar-refractivity contribution in [3.05, 3.63) is 46.4 Å². The van der Waals surface area contributed by atoms with Gasteiger partial charge in [-0.3, -0.25) is 4.79 Å². The molecule has 0 aliphatic carbocycles. The summed E-state index contributed by atoms with van der Waals surface area (Å²) in [6.07, 6.45) is 0. The van der Waals surface area contributed by atoms with Crippen LogP contribution in [0.25, 0.3) is 0 Å². The van der Waals surface area contributed by atoms with Crippen LogP contribution >= 0.6 is 0 Å². The number of aromatic amines is 1. The molecule has 6 heteroatoms. The first-order valence-electron chi connectivity index (χ1n) is 6.46. The topological polar surface area (TPSA) is 84.1 Å². The summed E-state index contributed by atoms with van der Waals surface area (Å²) in [5.41, 5.74) is 2.68. The van der Waals surface area contributed by atoms with Crippen molar-refractivity contribution in [3.8, 4) is 0 Å². The van der Waals surface area contributed by atoms with Crippen LogP contribution in [0, 0.1) is 20.8 Å². The number of pyridine rings is 1. The fourth-order valence-electron chi connectivity index (χ4n) is 2.18. The average molecular weight is 287 g/mol. The minimum absolute atomic E-state index is 0.330. The van der Waals surface area contributed by atoms with Crippen LogP contribution in [-0.4, -0.2) is 29.0 Å². The van der Waals surface area contributed by atoms with Gasteiger partial charge in [-0.2, -0.15) is 0 Å². The van der Waals surface area contributed by atoms with Crippen LogP contribution in [0.1, 0.15) is 37.8 Å². The van der Waals surface area contributed by atoms with Crippen molar-refractivity contribution in [2.24, 2.45) is 0 Å². The number of hydrogen-bond donors (Lipinski definition) is 2. The van der Waals surface area contributed by atoms with Gasteiger partial charge in [-0.05, 0) is 38.5 Å². The quantitative estimate of drug-likeness (QED) is 0.849. The number of nitrogens with zero attached hydrogens (tertiary/aromatic N) is 1.